The van der Waals surface area contributed by atoms with Gasteiger partial charge in [-0.3, -0.25) is 9.59 Å². The average molecular weight is 409 g/mol. The molecule has 1 aromatic carbocycles. The van der Waals surface area contributed by atoms with E-state index in [-0.39, 0.29) is 10.9 Å². The van der Waals surface area contributed by atoms with Crippen molar-refractivity contribution in [3.05, 3.63) is 24.3 Å². The van der Waals surface area contributed by atoms with Crippen LogP contribution in [0.2, 0.25) is 0 Å². The van der Waals surface area contributed by atoms with Crippen molar-refractivity contribution in [3.63, 3.8) is 0 Å². The summed E-state index contributed by atoms with van der Waals surface area (Å²) in [4.78, 5) is 24.4. The van der Waals surface area contributed by atoms with Gasteiger partial charge in [-0.05, 0) is 62.8 Å². The molecule has 1 aliphatic carbocycles. The summed E-state index contributed by atoms with van der Waals surface area (Å²) >= 11 is 0. The summed E-state index contributed by atoms with van der Waals surface area (Å²) in [5.41, 5.74) is 0.462. The summed E-state index contributed by atoms with van der Waals surface area (Å²) in [7, 11) is -3.48. The van der Waals surface area contributed by atoms with E-state index in [0.29, 0.717) is 31.1 Å². The molecule has 1 atom stereocenters. The van der Waals surface area contributed by atoms with E-state index in [2.05, 4.69) is 5.32 Å². The Balaban J connectivity index is 1.52. The number of nitrogens with zero attached hydrogens (tertiary/aromatic N) is 1. The fourth-order valence-corrected chi connectivity index (χ4v) is 5.30. The van der Waals surface area contributed by atoms with Crippen LogP contribution in [0.3, 0.4) is 0 Å². The van der Waals surface area contributed by atoms with Crippen LogP contribution in [-0.4, -0.2) is 43.8 Å². The van der Waals surface area contributed by atoms with Crippen LogP contribution < -0.4 is 5.32 Å². The number of nitrogens with one attached hydrogen (secondary N) is 1. The number of anilines is 1. The zero-order chi connectivity index (χ0) is 20.1. The number of amides is 1. The first-order chi connectivity index (χ1) is 13.4. The molecule has 1 heterocycles. The fourth-order valence-electron chi connectivity index (χ4n) is 3.78. The highest BCUT2D eigenvalue weighted by molar-refractivity contribution is 7.89. The monoisotopic (exact) mass is 408 g/mol. The number of benzene rings is 1. The minimum absolute atomic E-state index is 0.212. The van der Waals surface area contributed by atoms with Gasteiger partial charge in [0.05, 0.1) is 4.90 Å². The second-order valence-corrected chi connectivity index (χ2v) is 9.55. The lowest BCUT2D eigenvalue weighted by molar-refractivity contribution is -0.154. The SMILES string of the molecule is CC(OC(=O)CC1CCCC1)C(=O)Nc1ccc(S(=O)(=O)N2CCCC2)cc1. The van der Waals surface area contributed by atoms with Gasteiger partial charge >= 0.3 is 5.97 Å². The lowest BCUT2D eigenvalue weighted by Crippen LogP contribution is -2.30. The van der Waals surface area contributed by atoms with Gasteiger partial charge in [0, 0.05) is 25.2 Å². The number of hydrogen-bond acceptors (Lipinski definition) is 5. The van der Waals surface area contributed by atoms with Crippen molar-refractivity contribution < 1.29 is 22.7 Å². The van der Waals surface area contributed by atoms with E-state index >= 15 is 0 Å². The van der Waals surface area contributed by atoms with Crippen molar-refractivity contribution in [2.75, 3.05) is 18.4 Å². The third-order valence-electron chi connectivity index (χ3n) is 5.43. The molecule has 2 aliphatic rings. The van der Waals surface area contributed by atoms with E-state index in [4.69, 9.17) is 4.74 Å². The molecule has 7 nitrogen and oxygen atoms in total. The van der Waals surface area contributed by atoms with Crippen LogP contribution in [0.15, 0.2) is 29.2 Å². The molecule has 154 valence electrons. The van der Waals surface area contributed by atoms with Gasteiger partial charge in [0.15, 0.2) is 6.10 Å². The van der Waals surface area contributed by atoms with Crippen LogP contribution in [0, 0.1) is 5.92 Å². The molecule has 28 heavy (non-hydrogen) atoms. The highest BCUT2D eigenvalue weighted by Crippen LogP contribution is 2.28. The van der Waals surface area contributed by atoms with E-state index in [1.165, 1.54) is 23.4 Å². The molecule has 8 heteroatoms. The Labute approximate surface area is 166 Å². The lowest BCUT2D eigenvalue weighted by Gasteiger charge is -2.17. The van der Waals surface area contributed by atoms with Gasteiger partial charge in [0.1, 0.15) is 0 Å². The van der Waals surface area contributed by atoms with Crippen LogP contribution in [-0.2, 0) is 24.3 Å². The molecular weight excluding hydrogens is 380 g/mol. The predicted molar refractivity (Wildman–Crippen MR) is 105 cm³/mol. The van der Waals surface area contributed by atoms with Gasteiger partial charge in [0.25, 0.3) is 5.91 Å². The highest BCUT2D eigenvalue weighted by Gasteiger charge is 2.27. The Bertz CT molecular complexity index is 794. The molecule has 0 bridgehead atoms. The second-order valence-electron chi connectivity index (χ2n) is 7.61. The van der Waals surface area contributed by atoms with Gasteiger partial charge in [-0.15, -0.1) is 0 Å². The molecular formula is C20H28N2O5S. The largest absolute Gasteiger partial charge is 0.453 e. The quantitative estimate of drug-likeness (QED) is 0.700. The molecule has 1 aliphatic heterocycles. The van der Waals surface area contributed by atoms with Crippen molar-refractivity contribution in [1.29, 1.82) is 0 Å². The van der Waals surface area contributed by atoms with Crippen molar-refractivity contribution >= 4 is 27.6 Å². The summed E-state index contributed by atoms with van der Waals surface area (Å²) in [6.07, 6.45) is 5.61. The van der Waals surface area contributed by atoms with E-state index in [0.717, 1.165) is 38.5 Å². The van der Waals surface area contributed by atoms with E-state index in [9.17, 15) is 18.0 Å². The number of hydrogen-bond donors (Lipinski definition) is 1. The summed E-state index contributed by atoms with van der Waals surface area (Å²) in [5, 5.41) is 2.66. The second kappa shape index (κ2) is 9.05. The summed E-state index contributed by atoms with van der Waals surface area (Å²) in [5.74, 6) is -0.413. The Hall–Kier alpha value is -1.93. The molecule has 1 saturated heterocycles. The maximum Gasteiger partial charge on any atom is 0.306 e. The number of ether oxygens (including phenoxy) is 1. The van der Waals surface area contributed by atoms with Crippen molar-refractivity contribution in [3.8, 4) is 0 Å². The fraction of sp³-hybridized carbons (Fsp3) is 0.600. The third kappa shape index (κ3) is 5.11. The Kier molecular flexibility index (Phi) is 6.72. The summed E-state index contributed by atoms with van der Waals surface area (Å²) in [6.45, 7) is 2.63. The number of esters is 1. The normalized spacial score (nSPS) is 19.5. The molecule has 1 saturated carbocycles. The molecule has 1 unspecified atom stereocenters. The molecule has 1 amide bonds. The zero-order valence-corrected chi connectivity index (χ0v) is 17.0. The predicted octanol–water partition coefficient (Wildman–Crippen LogP) is 2.92. The molecule has 3 rings (SSSR count). The number of carbonyl (C=O) groups excluding carboxylic acids is 2. The standard InChI is InChI=1S/C20H28N2O5S/c1-15(27-19(23)14-16-6-2-3-7-16)20(24)21-17-8-10-18(11-9-17)28(25,26)22-12-4-5-13-22/h8-11,15-16H,2-7,12-14H2,1H3,(H,21,24). The highest BCUT2D eigenvalue weighted by atomic mass is 32.2. The smallest absolute Gasteiger partial charge is 0.306 e. The van der Waals surface area contributed by atoms with Gasteiger partial charge in [-0.1, -0.05) is 12.8 Å². The Morgan fingerprint density at radius 3 is 2.32 bits per heavy atom. The topological polar surface area (TPSA) is 92.8 Å². The minimum atomic E-state index is -3.48. The van der Waals surface area contributed by atoms with E-state index in [1.807, 2.05) is 0 Å². The van der Waals surface area contributed by atoms with Crippen LogP contribution >= 0.6 is 0 Å². The van der Waals surface area contributed by atoms with Crippen LogP contribution in [0.4, 0.5) is 5.69 Å². The van der Waals surface area contributed by atoms with Gasteiger partial charge in [0.2, 0.25) is 10.0 Å². The first kappa shape index (κ1) is 20.8. The zero-order valence-electron chi connectivity index (χ0n) is 16.2. The van der Waals surface area contributed by atoms with Crippen molar-refractivity contribution in [2.45, 2.75) is 62.9 Å². The molecule has 0 radical (unpaired) electrons. The van der Waals surface area contributed by atoms with Crippen LogP contribution in [0.25, 0.3) is 0 Å². The first-order valence-corrected chi connectivity index (χ1v) is 11.4. The van der Waals surface area contributed by atoms with Crippen LogP contribution in [0.5, 0.6) is 0 Å². The Morgan fingerprint density at radius 1 is 1.11 bits per heavy atom. The third-order valence-corrected chi connectivity index (χ3v) is 7.35. The van der Waals surface area contributed by atoms with Gasteiger partial charge < -0.3 is 10.1 Å². The molecule has 0 aromatic heterocycles. The van der Waals surface area contributed by atoms with Crippen LogP contribution in [0.1, 0.15) is 51.9 Å². The number of sulfonamides is 1. The lowest BCUT2D eigenvalue weighted by atomic mass is 10.0. The Morgan fingerprint density at radius 2 is 1.71 bits per heavy atom. The summed E-state index contributed by atoms with van der Waals surface area (Å²) < 4.78 is 31.8. The average Bonchev–Trinajstić information content (AvgIpc) is 3.36. The first-order valence-electron chi connectivity index (χ1n) is 9.97. The van der Waals surface area contributed by atoms with E-state index in [1.54, 1.807) is 12.1 Å². The number of carbonyl (C=O) groups is 2. The minimum Gasteiger partial charge on any atom is -0.453 e. The van der Waals surface area contributed by atoms with Gasteiger partial charge in [-0.2, -0.15) is 4.31 Å². The maximum absolute atomic E-state index is 12.5. The van der Waals surface area contributed by atoms with E-state index < -0.39 is 22.0 Å². The molecule has 1 aromatic rings. The summed E-state index contributed by atoms with van der Waals surface area (Å²) in [6, 6.07) is 6.07. The maximum atomic E-state index is 12.5. The van der Waals surface area contributed by atoms with Crippen molar-refractivity contribution in [1.82, 2.24) is 4.31 Å². The number of rotatable bonds is 7. The molecule has 2 fully saturated rings. The van der Waals surface area contributed by atoms with Gasteiger partial charge in [-0.25, -0.2) is 8.42 Å². The van der Waals surface area contributed by atoms with Crippen molar-refractivity contribution in [2.24, 2.45) is 5.92 Å². The molecule has 0 spiro atoms. The molecule has 1 N–H and O–H groups in total.